The number of carbonyl (C=O) groups excluding carboxylic acids is 2. The van der Waals surface area contributed by atoms with E-state index in [1.165, 1.54) is 11.8 Å². The smallest absolute Gasteiger partial charge is 0.252 e. The highest BCUT2D eigenvalue weighted by Crippen LogP contribution is 2.30. The quantitative estimate of drug-likeness (QED) is 0.218. The molecule has 0 aliphatic rings. The van der Waals surface area contributed by atoms with Crippen LogP contribution in [0.15, 0.2) is 71.8 Å². The van der Waals surface area contributed by atoms with E-state index >= 15 is 0 Å². The molecule has 0 spiro atoms. The fraction of sp³-hybridized carbons (Fsp3) is 0.120. The minimum absolute atomic E-state index is 0.155. The third-order valence-corrected chi connectivity index (χ3v) is 7.46. The maximum absolute atomic E-state index is 12.5. The van der Waals surface area contributed by atoms with Gasteiger partial charge in [-0.1, -0.05) is 64.6 Å². The predicted octanol–water partition coefficient (Wildman–Crippen LogP) is 7.42. The minimum atomic E-state index is -0.267. The first-order chi connectivity index (χ1) is 16.8. The van der Waals surface area contributed by atoms with Crippen molar-refractivity contribution in [2.45, 2.75) is 11.4 Å². The molecule has 10 heteroatoms. The van der Waals surface area contributed by atoms with Crippen LogP contribution in [-0.4, -0.2) is 28.7 Å². The van der Waals surface area contributed by atoms with Gasteiger partial charge in [0.05, 0.1) is 26.4 Å². The van der Waals surface area contributed by atoms with Crippen LogP contribution in [0.4, 0.5) is 5.69 Å². The van der Waals surface area contributed by atoms with E-state index in [0.29, 0.717) is 44.4 Å². The molecular formula is C25H19Cl4N3O2S. The zero-order valence-corrected chi connectivity index (χ0v) is 22.0. The molecule has 1 aromatic heterocycles. The maximum Gasteiger partial charge on any atom is 0.252 e. The molecule has 0 aliphatic heterocycles. The number of hydrogen-bond donors (Lipinski definition) is 2. The van der Waals surface area contributed by atoms with Crippen molar-refractivity contribution < 1.29 is 9.59 Å². The summed E-state index contributed by atoms with van der Waals surface area (Å²) < 4.78 is 2.05. The second-order valence-electron chi connectivity index (χ2n) is 7.55. The molecule has 0 saturated heterocycles. The predicted molar refractivity (Wildman–Crippen MR) is 147 cm³/mol. The van der Waals surface area contributed by atoms with Gasteiger partial charge < -0.3 is 15.2 Å². The molecule has 180 valence electrons. The van der Waals surface area contributed by atoms with Gasteiger partial charge >= 0.3 is 0 Å². The lowest BCUT2D eigenvalue weighted by Gasteiger charge is -2.09. The minimum Gasteiger partial charge on any atom is -0.350 e. The highest BCUT2D eigenvalue weighted by Gasteiger charge is 2.13. The molecule has 0 fully saturated rings. The van der Waals surface area contributed by atoms with Gasteiger partial charge in [-0.05, 0) is 42.5 Å². The molecule has 0 radical (unpaired) electrons. The zero-order valence-electron chi connectivity index (χ0n) is 18.2. The van der Waals surface area contributed by atoms with E-state index in [0.717, 1.165) is 15.8 Å². The zero-order chi connectivity index (χ0) is 24.9. The van der Waals surface area contributed by atoms with Crippen LogP contribution in [-0.2, 0) is 11.3 Å². The fourth-order valence-corrected chi connectivity index (χ4v) is 5.17. The van der Waals surface area contributed by atoms with E-state index < -0.39 is 0 Å². The standard InChI is InChI=1S/C25H19Cl4N3O2S/c26-15-5-7-17(20(28)11-15)25(34)30-9-10-32-13-23(18-3-1-2-4-22(18)32)35-14-24(33)31-16-6-8-19(27)21(29)12-16/h1-8,11-13H,9-10,14H2,(H,30,34)(H,31,33). The second-order valence-corrected chi connectivity index (χ2v) is 10.2. The monoisotopic (exact) mass is 565 g/mol. The van der Waals surface area contributed by atoms with Crippen molar-refractivity contribution in [3.05, 3.63) is 92.5 Å². The second kappa shape index (κ2) is 11.6. The molecule has 1 heterocycles. The Labute approximate surface area is 226 Å². The molecule has 2 amide bonds. The third kappa shape index (κ3) is 6.46. The van der Waals surface area contributed by atoms with Crippen LogP contribution in [0.2, 0.25) is 20.1 Å². The van der Waals surface area contributed by atoms with Crippen LogP contribution in [0.1, 0.15) is 10.4 Å². The van der Waals surface area contributed by atoms with Gasteiger partial charge in [-0.15, -0.1) is 11.8 Å². The third-order valence-electron chi connectivity index (χ3n) is 5.13. The number of thioether (sulfide) groups is 1. The van der Waals surface area contributed by atoms with Crippen molar-refractivity contribution in [1.82, 2.24) is 9.88 Å². The number of amides is 2. The van der Waals surface area contributed by atoms with Gasteiger partial charge in [0.15, 0.2) is 0 Å². The molecule has 5 nitrogen and oxygen atoms in total. The molecule has 4 aromatic rings. The number of fused-ring (bicyclic) bond motifs is 1. The summed E-state index contributed by atoms with van der Waals surface area (Å²) in [5, 5.41) is 8.34. The Morgan fingerprint density at radius 3 is 2.46 bits per heavy atom. The number of anilines is 1. The summed E-state index contributed by atoms with van der Waals surface area (Å²) in [4.78, 5) is 25.9. The van der Waals surface area contributed by atoms with E-state index in [2.05, 4.69) is 15.2 Å². The van der Waals surface area contributed by atoms with Crippen LogP contribution in [0.25, 0.3) is 10.9 Å². The van der Waals surface area contributed by atoms with Gasteiger partial charge in [-0.25, -0.2) is 0 Å². The van der Waals surface area contributed by atoms with Crippen molar-refractivity contribution in [3.8, 4) is 0 Å². The summed E-state index contributed by atoms with van der Waals surface area (Å²) >= 11 is 25.4. The molecule has 4 rings (SSSR count). The van der Waals surface area contributed by atoms with E-state index in [-0.39, 0.29) is 17.6 Å². The molecule has 0 aliphatic carbocycles. The summed E-state index contributed by atoms with van der Waals surface area (Å²) in [7, 11) is 0. The number of benzene rings is 3. The molecule has 0 atom stereocenters. The van der Waals surface area contributed by atoms with Gasteiger partial charge in [0.1, 0.15) is 0 Å². The number of para-hydroxylation sites is 1. The number of rotatable bonds is 8. The van der Waals surface area contributed by atoms with Gasteiger partial charge in [0, 0.05) is 45.8 Å². The first kappa shape index (κ1) is 25.7. The number of aromatic nitrogens is 1. The lowest BCUT2D eigenvalue weighted by atomic mass is 10.2. The first-order valence-electron chi connectivity index (χ1n) is 10.5. The topological polar surface area (TPSA) is 63.1 Å². The SMILES string of the molecule is O=C(CSc1cn(CCNC(=O)c2ccc(Cl)cc2Cl)c2ccccc12)Nc1ccc(Cl)c(Cl)c1. The average molecular weight is 567 g/mol. The maximum atomic E-state index is 12.5. The number of hydrogen-bond acceptors (Lipinski definition) is 3. The molecule has 0 unspecified atom stereocenters. The number of carbonyl (C=O) groups is 2. The summed E-state index contributed by atoms with van der Waals surface area (Å²) in [5.41, 5.74) is 1.97. The summed E-state index contributed by atoms with van der Waals surface area (Å²) in [6.45, 7) is 0.950. The number of nitrogens with zero attached hydrogens (tertiary/aromatic N) is 1. The van der Waals surface area contributed by atoms with Crippen molar-refractivity contribution in [1.29, 1.82) is 0 Å². The van der Waals surface area contributed by atoms with Crippen molar-refractivity contribution >= 4 is 86.6 Å². The van der Waals surface area contributed by atoms with Crippen LogP contribution in [0.3, 0.4) is 0 Å². The largest absolute Gasteiger partial charge is 0.350 e. The molecule has 3 aromatic carbocycles. The van der Waals surface area contributed by atoms with Gasteiger partial charge in [-0.2, -0.15) is 0 Å². The summed E-state index contributed by atoms with van der Waals surface area (Å²) in [6.07, 6.45) is 1.99. The van der Waals surface area contributed by atoms with Crippen LogP contribution in [0, 0.1) is 0 Å². The average Bonchev–Trinajstić information content (AvgIpc) is 3.18. The Morgan fingerprint density at radius 2 is 1.69 bits per heavy atom. The van der Waals surface area contributed by atoms with Gasteiger partial charge in [-0.3, -0.25) is 9.59 Å². The van der Waals surface area contributed by atoms with Gasteiger partial charge in [0.2, 0.25) is 5.91 Å². The van der Waals surface area contributed by atoms with Crippen LogP contribution in [0.5, 0.6) is 0 Å². The lowest BCUT2D eigenvalue weighted by Crippen LogP contribution is -2.27. The van der Waals surface area contributed by atoms with Crippen molar-refractivity contribution in [2.75, 3.05) is 17.6 Å². The Balaban J connectivity index is 1.39. The Kier molecular flexibility index (Phi) is 8.52. The van der Waals surface area contributed by atoms with Crippen molar-refractivity contribution in [2.24, 2.45) is 0 Å². The molecule has 2 N–H and O–H groups in total. The van der Waals surface area contributed by atoms with E-state index in [9.17, 15) is 9.59 Å². The first-order valence-corrected chi connectivity index (χ1v) is 13.0. The van der Waals surface area contributed by atoms with Gasteiger partial charge in [0.25, 0.3) is 5.91 Å². The molecular weight excluding hydrogens is 548 g/mol. The Bertz CT molecular complexity index is 1410. The van der Waals surface area contributed by atoms with Crippen LogP contribution < -0.4 is 10.6 Å². The van der Waals surface area contributed by atoms with E-state index in [1.807, 2.05) is 30.5 Å². The lowest BCUT2D eigenvalue weighted by molar-refractivity contribution is -0.113. The molecule has 0 bridgehead atoms. The highest BCUT2D eigenvalue weighted by molar-refractivity contribution is 8.00. The molecule has 0 saturated carbocycles. The summed E-state index contributed by atoms with van der Waals surface area (Å²) in [5.74, 6) is -0.200. The van der Waals surface area contributed by atoms with Crippen molar-refractivity contribution in [3.63, 3.8) is 0 Å². The Hall–Kier alpha value is -2.35. The van der Waals surface area contributed by atoms with Crippen LogP contribution >= 0.6 is 58.2 Å². The Morgan fingerprint density at radius 1 is 0.886 bits per heavy atom. The van der Waals surface area contributed by atoms with E-state index in [4.69, 9.17) is 46.4 Å². The normalized spacial score (nSPS) is 11.0. The fourth-order valence-electron chi connectivity index (χ4n) is 3.49. The number of halogens is 4. The summed E-state index contributed by atoms with van der Waals surface area (Å²) in [6, 6.07) is 17.7. The highest BCUT2D eigenvalue weighted by atomic mass is 35.5. The number of nitrogens with one attached hydrogen (secondary N) is 2. The molecule has 35 heavy (non-hydrogen) atoms. The van der Waals surface area contributed by atoms with E-state index in [1.54, 1.807) is 36.4 Å².